The maximum absolute atomic E-state index is 13.1. The number of nitrogens with one attached hydrogen (secondary N) is 1. The minimum Gasteiger partial charge on any atom is -0.396 e. The SMILES string of the molecule is COCC(=O)Nc1cc(N)c(F)cc1F. The van der Waals surface area contributed by atoms with Crippen LogP contribution in [0.2, 0.25) is 0 Å². The summed E-state index contributed by atoms with van der Waals surface area (Å²) in [6.07, 6.45) is 0. The normalized spacial score (nSPS) is 10.1. The molecule has 3 N–H and O–H groups in total. The maximum atomic E-state index is 13.1. The molecule has 0 spiro atoms. The molecule has 0 aromatic heterocycles. The molecule has 0 aliphatic rings. The largest absolute Gasteiger partial charge is 0.396 e. The predicted molar refractivity (Wildman–Crippen MR) is 51.3 cm³/mol. The van der Waals surface area contributed by atoms with Crippen LogP contribution in [0.3, 0.4) is 0 Å². The zero-order valence-corrected chi connectivity index (χ0v) is 8.01. The van der Waals surface area contributed by atoms with E-state index < -0.39 is 17.5 Å². The first kappa shape index (κ1) is 11.4. The molecule has 0 unspecified atom stereocenters. The number of rotatable bonds is 3. The summed E-state index contributed by atoms with van der Waals surface area (Å²) in [7, 11) is 1.33. The minimum atomic E-state index is -0.883. The van der Waals surface area contributed by atoms with Crippen LogP contribution >= 0.6 is 0 Å². The van der Waals surface area contributed by atoms with Crippen LogP contribution in [0, 0.1) is 11.6 Å². The number of methoxy groups -OCH3 is 1. The number of benzene rings is 1. The molecule has 82 valence electrons. The van der Waals surface area contributed by atoms with E-state index in [9.17, 15) is 13.6 Å². The monoisotopic (exact) mass is 216 g/mol. The van der Waals surface area contributed by atoms with E-state index in [1.54, 1.807) is 0 Å². The van der Waals surface area contributed by atoms with Crippen molar-refractivity contribution >= 4 is 17.3 Å². The Morgan fingerprint density at radius 3 is 2.73 bits per heavy atom. The average Bonchev–Trinajstić information content (AvgIpc) is 2.14. The molecule has 0 aliphatic heterocycles. The molecule has 0 aliphatic carbocycles. The smallest absolute Gasteiger partial charge is 0.250 e. The summed E-state index contributed by atoms with van der Waals surface area (Å²) in [6.45, 7) is -0.212. The molecular weight excluding hydrogens is 206 g/mol. The molecule has 0 heterocycles. The zero-order valence-electron chi connectivity index (χ0n) is 8.01. The number of anilines is 2. The highest BCUT2D eigenvalue weighted by atomic mass is 19.1. The first-order valence-corrected chi connectivity index (χ1v) is 4.08. The lowest BCUT2D eigenvalue weighted by Gasteiger charge is -2.07. The number of amides is 1. The van der Waals surface area contributed by atoms with E-state index in [2.05, 4.69) is 10.1 Å². The van der Waals surface area contributed by atoms with Crippen LogP contribution in [0.25, 0.3) is 0 Å². The van der Waals surface area contributed by atoms with Crippen LogP contribution in [0.1, 0.15) is 0 Å². The summed E-state index contributed by atoms with van der Waals surface area (Å²) in [6, 6.07) is 1.62. The Morgan fingerprint density at radius 1 is 1.47 bits per heavy atom. The van der Waals surface area contributed by atoms with Crippen molar-refractivity contribution in [1.29, 1.82) is 0 Å². The number of nitrogen functional groups attached to an aromatic ring is 1. The Bertz CT molecular complexity index is 383. The number of hydrogen-bond donors (Lipinski definition) is 2. The Balaban J connectivity index is 2.86. The lowest BCUT2D eigenvalue weighted by molar-refractivity contribution is -0.119. The summed E-state index contributed by atoms with van der Waals surface area (Å²) in [5.41, 5.74) is 4.81. The van der Waals surface area contributed by atoms with Crippen molar-refractivity contribution in [2.45, 2.75) is 0 Å². The van der Waals surface area contributed by atoms with Crippen molar-refractivity contribution < 1.29 is 18.3 Å². The number of halogens is 2. The minimum absolute atomic E-state index is 0.170. The first-order chi connectivity index (χ1) is 7.04. The van der Waals surface area contributed by atoms with Gasteiger partial charge in [-0.05, 0) is 6.07 Å². The predicted octanol–water partition coefficient (Wildman–Crippen LogP) is 1.13. The van der Waals surface area contributed by atoms with Gasteiger partial charge in [0.15, 0.2) is 0 Å². The molecular formula is C9H10F2N2O2. The van der Waals surface area contributed by atoms with Gasteiger partial charge in [-0.1, -0.05) is 0 Å². The van der Waals surface area contributed by atoms with Crippen molar-refractivity contribution in [2.24, 2.45) is 0 Å². The average molecular weight is 216 g/mol. The topological polar surface area (TPSA) is 64.3 Å². The molecule has 0 saturated heterocycles. The Morgan fingerprint density at radius 2 is 2.13 bits per heavy atom. The number of ether oxygens (including phenoxy) is 1. The van der Waals surface area contributed by atoms with Crippen molar-refractivity contribution in [3.63, 3.8) is 0 Å². The van der Waals surface area contributed by atoms with Gasteiger partial charge in [0, 0.05) is 13.2 Å². The summed E-state index contributed by atoms with van der Waals surface area (Å²) in [4.78, 5) is 11.0. The van der Waals surface area contributed by atoms with Gasteiger partial charge in [-0.3, -0.25) is 4.79 Å². The van der Waals surface area contributed by atoms with Gasteiger partial charge in [-0.25, -0.2) is 8.78 Å². The number of carbonyl (C=O) groups is 1. The Kier molecular flexibility index (Phi) is 3.56. The van der Waals surface area contributed by atoms with Gasteiger partial charge < -0.3 is 15.8 Å². The molecule has 1 rings (SSSR count). The quantitative estimate of drug-likeness (QED) is 0.744. The fourth-order valence-corrected chi connectivity index (χ4v) is 0.979. The van der Waals surface area contributed by atoms with Gasteiger partial charge in [-0.15, -0.1) is 0 Å². The number of hydrogen-bond acceptors (Lipinski definition) is 3. The molecule has 0 fully saturated rings. The molecule has 15 heavy (non-hydrogen) atoms. The Hall–Kier alpha value is -1.69. The third-order valence-corrected chi connectivity index (χ3v) is 1.64. The fourth-order valence-electron chi connectivity index (χ4n) is 0.979. The van der Waals surface area contributed by atoms with Crippen molar-refractivity contribution in [3.8, 4) is 0 Å². The molecule has 1 aromatic carbocycles. The molecule has 0 atom stereocenters. The lowest BCUT2D eigenvalue weighted by atomic mass is 10.2. The molecule has 6 heteroatoms. The van der Waals surface area contributed by atoms with Gasteiger partial charge in [-0.2, -0.15) is 0 Å². The second kappa shape index (κ2) is 4.70. The van der Waals surface area contributed by atoms with Crippen LogP contribution in [-0.2, 0) is 9.53 Å². The highest BCUT2D eigenvalue weighted by Gasteiger charge is 2.10. The van der Waals surface area contributed by atoms with E-state index in [1.807, 2.05) is 0 Å². The van der Waals surface area contributed by atoms with Crippen molar-refractivity contribution in [1.82, 2.24) is 0 Å². The second-order valence-corrected chi connectivity index (χ2v) is 2.83. The summed E-state index contributed by atoms with van der Waals surface area (Å²) < 4.78 is 30.4. The summed E-state index contributed by atoms with van der Waals surface area (Å²) in [5, 5.41) is 2.19. The Labute approximate surface area is 85.0 Å². The van der Waals surface area contributed by atoms with Crippen LogP contribution in [-0.4, -0.2) is 19.6 Å². The standard InChI is InChI=1S/C9H10F2N2O2/c1-15-4-9(14)13-8-3-7(12)5(10)2-6(8)11/h2-3H,4,12H2,1H3,(H,13,14). The van der Waals surface area contributed by atoms with Gasteiger partial charge >= 0.3 is 0 Å². The highest BCUT2D eigenvalue weighted by Crippen LogP contribution is 2.20. The maximum Gasteiger partial charge on any atom is 0.250 e. The molecule has 1 aromatic rings. The lowest BCUT2D eigenvalue weighted by Crippen LogP contribution is -2.18. The van der Waals surface area contributed by atoms with E-state index in [1.165, 1.54) is 7.11 Å². The highest BCUT2D eigenvalue weighted by molar-refractivity contribution is 5.92. The van der Waals surface area contributed by atoms with Crippen LogP contribution < -0.4 is 11.1 Å². The number of nitrogens with two attached hydrogens (primary N) is 1. The molecule has 4 nitrogen and oxygen atoms in total. The fraction of sp³-hybridized carbons (Fsp3) is 0.222. The molecule has 0 saturated carbocycles. The summed E-state index contributed by atoms with van der Waals surface area (Å²) >= 11 is 0. The van der Waals surface area contributed by atoms with E-state index in [4.69, 9.17) is 5.73 Å². The van der Waals surface area contributed by atoms with Crippen molar-refractivity contribution in [2.75, 3.05) is 24.8 Å². The molecule has 1 amide bonds. The zero-order chi connectivity index (χ0) is 11.4. The van der Waals surface area contributed by atoms with E-state index >= 15 is 0 Å². The van der Waals surface area contributed by atoms with Crippen LogP contribution in [0.5, 0.6) is 0 Å². The van der Waals surface area contributed by atoms with E-state index in [0.717, 1.165) is 6.07 Å². The van der Waals surface area contributed by atoms with E-state index in [-0.39, 0.29) is 18.0 Å². The van der Waals surface area contributed by atoms with Gasteiger partial charge in [0.05, 0.1) is 11.4 Å². The van der Waals surface area contributed by atoms with Crippen LogP contribution in [0.15, 0.2) is 12.1 Å². The number of carbonyl (C=O) groups excluding carboxylic acids is 1. The first-order valence-electron chi connectivity index (χ1n) is 4.08. The van der Waals surface area contributed by atoms with Crippen LogP contribution in [0.4, 0.5) is 20.2 Å². The third kappa shape index (κ3) is 2.88. The van der Waals surface area contributed by atoms with Gasteiger partial charge in [0.1, 0.15) is 18.2 Å². The third-order valence-electron chi connectivity index (χ3n) is 1.64. The van der Waals surface area contributed by atoms with Gasteiger partial charge in [0.2, 0.25) is 5.91 Å². The molecule has 0 radical (unpaired) electrons. The van der Waals surface area contributed by atoms with Crippen molar-refractivity contribution in [3.05, 3.63) is 23.8 Å². The van der Waals surface area contributed by atoms with Gasteiger partial charge in [0.25, 0.3) is 0 Å². The van der Waals surface area contributed by atoms with E-state index in [0.29, 0.717) is 6.07 Å². The molecule has 0 bridgehead atoms. The summed E-state index contributed by atoms with van der Waals surface area (Å²) in [5.74, 6) is -2.29. The second-order valence-electron chi connectivity index (χ2n) is 2.83.